The van der Waals surface area contributed by atoms with Crippen LogP contribution in [0.2, 0.25) is 0 Å². The highest BCUT2D eigenvalue weighted by Crippen LogP contribution is 2.04. The van der Waals surface area contributed by atoms with E-state index in [4.69, 9.17) is 0 Å². The summed E-state index contributed by atoms with van der Waals surface area (Å²) in [6.07, 6.45) is 0. The Kier molecular flexibility index (Phi) is 11.1. The van der Waals surface area contributed by atoms with E-state index in [2.05, 4.69) is 70.6 Å². The molecule has 0 saturated carbocycles. The van der Waals surface area contributed by atoms with Gasteiger partial charge in [-0.15, -0.1) is 24.0 Å². The average Bonchev–Trinajstić information content (AvgIpc) is 2.60. The van der Waals surface area contributed by atoms with Gasteiger partial charge in [-0.3, -0.25) is 0 Å². The van der Waals surface area contributed by atoms with Crippen LogP contribution in [0.1, 0.15) is 19.4 Å². The van der Waals surface area contributed by atoms with Gasteiger partial charge in [-0.25, -0.2) is 4.99 Å². The Morgan fingerprint density at radius 3 is 2.44 bits per heavy atom. The summed E-state index contributed by atoms with van der Waals surface area (Å²) in [7, 11) is 2.20. The van der Waals surface area contributed by atoms with Crippen molar-refractivity contribution in [1.29, 1.82) is 0 Å². The summed E-state index contributed by atoms with van der Waals surface area (Å²) in [4.78, 5) is 9.66. The molecule has 2 rings (SSSR count). The molecule has 0 aliphatic carbocycles. The largest absolute Gasteiger partial charge is 0.357 e. The molecular weight excluding hydrogens is 425 g/mol. The van der Waals surface area contributed by atoms with Gasteiger partial charge in [0.1, 0.15) is 0 Å². The number of halogens is 1. The molecule has 0 aromatic heterocycles. The molecule has 142 valence electrons. The van der Waals surface area contributed by atoms with Gasteiger partial charge in [-0.05, 0) is 25.5 Å². The van der Waals surface area contributed by atoms with Crippen molar-refractivity contribution in [1.82, 2.24) is 20.4 Å². The molecule has 25 heavy (non-hydrogen) atoms. The average molecular weight is 459 g/mol. The number of likely N-dealkylation sites (N-methyl/N-ethyl adjacent to an activating group) is 1. The van der Waals surface area contributed by atoms with Crippen LogP contribution in [-0.2, 0) is 6.54 Å². The molecule has 0 spiro atoms. The number of benzene rings is 1. The van der Waals surface area contributed by atoms with Gasteiger partial charge in [0.15, 0.2) is 5.96 Å². The van der Waals surface area contributed by atoms with Crippen molar-refractivity contribution in [2.24, 2.45) is 10.9 Å². The van der Waals surface area contributed by atoms with Gasteiger partial charge in [0.05, 0.1) is 6.54 Å². The topological polar surface area (TPSA) is 42.9 Å². The van der Waals surface area contributed by atoms with E-state index in [1.54, 1.807) is 0 Å². The van der Waals surface area contributed by atoms with Gasteiger partial charge in [0.2, 0.25) is 0 Å². The molecule has 0 radical (unpaired) electrons. The van der Waals surface area contributed by atoms with Gasteiger partial charge in [0.25, 0.3) is 0 Å². The molecule has 1 aromatic carbocycles. The zero-order valence-corrected chi connectivity index (χ0v) is 18.2. The van der Waals surface area contributed by atoms with Crippen molar-refractivity contribution in [3.05, 3.63) is 35.9 Å². The van der Waals surface area contributed by atoms with E-state index in [0.29, 0.717) is 12.5 Å². The Morgan fingerprint density at radius 1 is 1.12 bits per heavy atom. The molecule has 1 aliphatic heterocycles. The number of piperazine rings is 1. The quantitative estimate of drug-likeness (QED) is 0.373. The molecule has 1 unspecified atom stereocenters. The third-order valence-electron chi connectivity index (χ3n) is 4.39. The lowest BCUT2D eigenvalue weighted by atomic mass is 10.1. The Hall–Kier alpha value is -0.860. The normalized spacial score (nSPS) is 17.6. The first-order valence-corrected chi connectivity index (χ1v) is 9.14. The first kappa shape index (κ1) is 22.2. The number of guanidine groups is 1. The number of hydrogen-bond donors (Lipinski definition) is 2. The second kappa shape index (κ2) is 12.5. The Balaban J connectivity index is 0.00000312. The minimum absolute atomic E-state index is 0. The fourth-order valence-electron chi connectivity index (χ4n) is 2.90. The van der Waals surface area contributed by atoms with Crippen LogP contribution in [0, 0.1) is 5.92 Å². The molecular formula is C19H34IN5. The van der Waals surface area contributed by atoms with Crippen LogP contribution in [0.15, 0.2) is 35.3 Å². The second-order valence-corrected chi connectivity index (χ2v) is 6.77. The monoisotopic (exact) mass is 459 g/mol. The summed E-state index contributed by atoms with van der Waals surface area (Å²) in [5.41, 5.74) is 1.24. The highest BCUT2D eigenvalue weighted by atomic mass is 127. The molecule has 5 nitrogen and oxygen atoms in total. The van der Waals surface area contributed by atoms with Crippen LogP contribution < -0.4 is 10.6 Å². The molecule has 1 fully saturated rings. The van der Waals surface area contributed by atoms with Crippen molar-refractivity contribution in [2.45, 2.75) is 20.4 Å². The van der Waals surface area contributed by atoms with Crippen LogP contribution in [0.3, 0.4) is 0 Å². The first-order valence-electron chi connectivity index (χ1n) is 9.14. The summed E-state index contributed by atoms with van der Waals surface area (Å²) in [5.74, 6) is 1.51. The molecule has 2 N–H and O–H groups in total. The summed E-state index contributed by atoms with van der Waals surface area (Å²) in [6, 6.07) is 10.4. The number of aliphatic imine (C=N–C) groups is 1. The zero-order valence-electron chi connectivity index (χ0n) is 15.9. The van der Waals surface area contributed by atoms with E-state index >= 15 is 0 Å². The minimum atomic E-state index is 0. The SMILES string of the molecule is CCNC(=NCc1ccccc1)NCC(C)CN1CCN(C)CC1.I. The van der Waals surface area contributed by atoms with Crippen molar-refractivity contribution >= 4 is 29.9 Å². The fourth-order valence-corrected chi connectivity index (χ4v) is 2.90. The molecule has 0 bridgehead atoms. The molecule has 6 heteroatoms. The predicted molar refractivity (Wildman–Crippen MR) is 118 cm³/mol. The van der Waals surface area contributed by atoms with E-state index in [1.165, 1.54) is 31.7 Å². The lowest BCUT2D eigenvalue weighted by molar-refractivity contribution is 0.139. The molecule has 1 heterocycles. The first-order chi connectivity index (χ1) is 11.7. The molecule has 1 aromatic rings. The molecule has 1 saturated heterocycles. The van der Waals surface area contributed by atoms with Crippen molar-refractivity contribution in [2.75, 3.05) is 52.9 Å². The highest BCUT2D eigenvalue weighted by Gasteiger charge is 2.16. The maximum atomic E-state index is 4.69. The number of hydrogen-bond acceptors (Lipinski definition) is 3. The van der Waals surface area contributed by atoms with E-state index in [9.17, 15) is 0 Å². The van der Waals surface area contributed by atoms with Crippen LogP contribution in [0.5, 0.6) is 0 Å². The van der Waals surface area contributed by atoms with Gasteiger partial charge in [-0.2, -0.15) is 0 Å². The smallest absolute Gasteiger partial charge is 0.191 e. The lowest BCUT2D eigenvalue weighted by Crippen LogP contribution is -2.47. The zero-order chi connectivity index (χ0) is 17.2. The number of rotatable bonds is 7. The standard InChI is InChI=1S/C19H33N5.HI/c1-4-20-19(22-15-18-8-6-5-7-9-18)21-14-17(2)16-24-12-10-23(3)11-13-24;/h5-9,17H,4,10-16H2,1-3H3,(H2,20,21,22);1H. The summed E-state index contributed by atoms with van der Waals surface area (Å²) >= 11 is 0. The van der Waals surface area contributed by atoms with Crippen LogP contribution in [-0.4, -0.2) is 68.6 Å². The number of nitrogens with zero attached hydrogens (tertiary/aromatic N) is 3. The summed E-state index contributed by atoms with van der Waals surface area (Å²) in [6.45, 7) is 12.8. The van der Waals surface area contributed by atoms with E-state index in [-0.39, 0.29) is 24.0 Å². The second-order valence-electron chi connectivity index (χ2n) is 6.77. The Bertz CT molecular complexity index is 486. The van der Waals surface area contributed by atoms with E-state index in [0.717, 1.165) is 25.6 Å². The predicted octanol–water partition coefficient (Wildman–Crippen LogP) is 2.24. The van der Waals surface area contributed by atoms with E-state index < -0.39 is 0 Å². The number of nitrogens with one attached hydrogen (secondary N) is 2. The van der Waals surface area contributed by atoms with Crippen LogP contribution in [0.4, 0.5) is 0 Å². The highest BCUT2D eigenvalue weighted by molar-refractivity contribution is 14.0. The Labute approximate surface area is 170 Å². The van der Waals surface area contributed by atoms with Gasteiger partial charge in [0, 0.05) is 45.8 Å². The van der Waals surface area contributed by atoms with Crippen LogP contribution >= 0.6 is 24.0 Å². The van der Waals surface area contributed by atoms with Gasteiger partial charge >= 0.3 is 0 Å². The Morgan fingerprint density at radius 2 is 1.80 bits per heavy atom. The van der Waals surface area contributed by atoms with Gasteiger partial charge < -0.3 is 20.4 Å². The molecule has 0 amide bonds. The lowest BCUT2D eigenvalue weighted by Gasteiger charge is -2.34. The third-order valence-corrected chi connectivity index (χ3v) is 4.39. The third kappa shape index (κ3) is 8.87. The van der Waals surface area contributed by atoms with Crippen molar-refractivity contribution < 1.29 is 0 Å². The van der Waals surface area contributed by atoms with Crippen molar-refractivity contribution in [3.8, 4) is 0 Å². The van der Waals surface area contributed by atoms with E-state index in [1.807, 2.05) is 6.07 Å². The molecule has 1 atom stereocenters. The maximum Gasteiger partial charge on any atom is 0.191 e. The van der Waals surface area contributed by atoms with Gasteiger partial charge in [-0.1, -0.05) is 37.3 Å². The fraction of sp³-hybridized carbons (Fsp3) is 0.632. The summed E-state index contributed by atoms with van der Waals surface area (Å²) in [5, 5.41) is 6.83. The van der Waals surface area contributed by atoms with Crippen LogP contribution in [0.25, 0.3) is 0 Å². The minimum Gasteiger partial charge on any atom is -0.357 e. The summed E-state index contributed by atoms with van der Waals surface area (Å²) < 4.78 is 0. The molecule has 1 aliphatic rings. The maximum absolute atomic E-state index is 4.69. The van der Waals surface area contributed by atoms with Crippen molar-refractivity contribution in [3.63, 3.8) is 0 Å².